The number of hydrogen-bond donors (Lipinski definition) is 1. The lowest BCUT2D eigenvalue weighted by Crippen LogP contribution is -2.15. The largest absolute Gasteiger partial charge is 0.481 e. The minimum atomic E-state index is -0.719. The van der Waals surface area contributed by atoms with Crippen LogP contribution >= 0.6 is 11.3 Å². The second-order valence-electron chi connectivity index (χ2n) is 4.48. The van der Waals surface area contributed by atoms with Gasteiger partial charge in [0.25, 0.3) is 0 Å². The second kappa shape index (κ2) is 5.99. The number of carbonyl (C=O) groups is 1. The molecule has 0 aliphatic carbocycles. The molecular weight excluding hydrogens is 222 g/mol. The Morgan fingerprint density at radius 2 is 2.19 bits per heavy atom. The van der Waals surface area contributed by atoms with E-state index in [2.05, 4.69) is 18.8 Å². The summed E-state index contributed by atoms with van der Waals surface area (Å²) in [7, 11) is 0. The first-order valence-electron chi connectivity index (χ1n) is 5.69. The third kappa shape index (κ3) is 3.93. The van der Waals surface area contributed by atoms with Crippen molar-refractivity contribution in [1.82, 2.24) is 4.98 Å². The third-order valence-corrected chi connectivity index (χ3v) is 3.40. The van der Waals surface area contributed by atoms with Crippen LogP contribution in [0, 0.1) is 11.8 Å². The van der Waals surface area contributed by atoms with Gasteiger partial charge in [0.1, 0.15) is 0 Å². The van der Waals surface area contributed by atoms with Crippen molar-refractivity contribution in [3.8, 4) is 0 Å². The Bertz CT molecular complexity index is 347. The van der Waals surface area contributed by atoms with Crippen LogP contribution in [0.3, 0.4) is 0 Å². The molecule has 0 amide bonds. The summed E-state index contributed by atoms with van der Waals surface area (Å²) >= 11 is 1.58. The first-order valence-corrected chi connectivity index (χ1v) is 6.57. The van der Waals surface area contributed by atoms with Gasteiger partial charge >= 0.3 is 5.97 Å². The third-order valence-electron chi connectivity index (χ3n) is 2.48. The van der Waals surface area contributed by atoms with Crippen molar-refractivity contribution in [2.45, 2.75) is 40.0 Å². The lowest BCUT2D eigenvalue weighted by atomic mass is 10.0. The number of rotatable bonds is 6. The molecule has 1 aromatic heterocycles. The molecule has 1 N–H and O–H groups in total. The molecule has 0 radical (unpaired) electrons. The van der Waals surface area contributed by atoms with Gasteiger partial charge in [0, 0.05) is 11.8 Å². The van der Waals surface area contributed by atoms with Crippen LogP contribution in [0.4, 0.5) is 0 Å². The van der Waals surface area contributed by atoms with Crippen LogP contribution in [0.25, 0.3) is 0 Å². The molecule has 0 saturated carbocycles. The molecule has 0 saturated heterocycles. The minimum Gasteiger partial charge on any atom is -0.481 e. The fourth-order valence-electron chi connectivity index (χ4n) is 1.57. The van der Waals surface area contributed by atoms with Gasteiger partial charge in [-0.3, -0.25) is 4.79 Å². The van der Waals surface area contributed by atoms with Crippen molar-refractivity contribution in [2.24, 2.45) is 11.8 Å². The minimum absolute atomic E-state index is 0.293. The maximum absolute atomic E-state index is 10.9. The molecule has 0 spiro atoms. The van der Waals surface area contributed by atoms with Crippen LogP contribution < -0.4 is 0 Å². The molecule has 90 valence electrons. The Morgan fingerprint density at radius 3 is 2.69 bits per heavy atom. The number of thiazole rings is 1. The lowest BCUT2D eigenvalue weighted by molar-refractivity contribution is -0.141. The summed E-state index contributed by atoms with van der Waals surface area (Å²) in [5.74, 6) is -0.419. The fraction of sp³-hybridized carbons (Fsp3) is 0.667. The van der Waals surface area contributed by atoms with E-state index >= 15 is 0 Å². The number of nitrogens with zero attached hydrogens (tertiary/aromatic N) is 1. The molecule has 1 heterocycles. The van der Waals surface area contributed by atoms with Gasteiger partial charge < -0.3 is 5.11 Å². The SMILES string of the molecule is CCC(Cc1nc(CC(C)C)cs1)C(=O)O. The highest BCUT2D eigenvalue weighted by Crippen LogP contribution is 2.18. The van der Waals surface area contributed by atoms with Crippen molar-refractivity contribution in [1.29, 1.82) is 0 Å². The predicted octanol–water partition coefficient (Wildman–Crippen LogP) is 2.99. The summed E-state index contributed by atoms with van der Waals surface area (Å²) in [4.78, 5) is 15.4. The second-order valence-corrected chi connectivity index (χ2v) is 5.42. The Morgan fingerprint density at radius 1 is 1.50 bits per heavy atom. The Balaban J connectivity index is 2.60. The maximum Gasteiger partial charge on any atom is 0.306 e. The molecule has 1 aromatic rings. The zero-order valence-electron chi connectivity index (χ0n) is 10.1. The summed E-state index contributed by atoms with van der Waals surface area (Å²) in [6.45, 7) is 6.22. The highest BCUT2D eigenvalue weighted by Gasteiger charge is 2.17. The highest BCUT2D eigenvalue weighted by molar-refractivity contribution is 7.09. The van der Waals surface area contributed by atoms with E-state index in [-0.39, 0.29) is 5.92 Å². The molecule has 16 heavy (non-hydrogen) atoms. The molecule has 1 rings (SSSR count). The molecule has 0 fully saturated rings. The number of aromatic nitrogens is 1. The average Bonchev–Trinajstić information content (AvgIpc) is 2.60. The van der Waals surface area contributed by atoms with Gasteiger partial charge in [-0.15, -0.1) is 11.3 Å². The Kier molecular flexibility index (Phi) is 4.93. The van der Waals surface area contributed by atoms with E-state index in [0.717, 1.165) is 17.1 Å². The van der Waals surface area contributed by atoms with E-state index in [4.69, 9.17) is 5.11 Å². The van der Waals surface area contributed by atoms with Gasteiger partial charge in [-0.25, -0.2) is 4.98 Å². The van der Waals surface area contributed by atoms with Gasteiger partial charge in [0.05, 0.1) is 16.6 Å². The van der Waals surface area contributed by atoms with Crippen LogP contribution in [0.5, 0.6) is 0 Å². The number of carboxylic acid groups (broad SMARTS) is 1. The quantitative estimate of drug-likeness (QED) is 0.833. The van der Waals surface area contributed by atoms with Gasteiger partial charge in [0.2, 0.25) is 0 Å². The number of hydrogen-bond acceptors (Lipinski definition) is 3. The first-order chi connectivity index (χ1) is 7.52. The van der Waals surface area contributed by atoms with Crippen molar-refractivity contribution < 1.29 is 9.90 Å². The molecule has 4 heteroatoms. The highest BCUT2D eigenvalue weighted by atomic mass is 32.1. The summed E-state index contributed by atoms with van der Waals surface area (Å²) in [6, 6.07) is 0. The zero-order chi connectivity index (χ0) is 12.1. The molecule has 0 aliphatic heterocycles. The fourth-order valence-corrected chi connectivity index (χ4v) is 2.46. The molecular formula is C12H19NO2S. The zero-order valence-corrected chi connectivity index (χ0v) is 10.9. The van der Waals surface area contributed by atoms with Crippen LogP contribution in [-0.2, 0) is 17.6 Å². The van der Waals surface area contributed by atoms with Gasteiger partial charge in [-0.05, 0) is 18.8 Å². The maximum atomic E-state index is 10.9. The predicted molar refractivity (Wildman–Crippen MR) is 65.8 cm³/mol. The lowest BCUT2D eigenvalue weighted by Gasteiger charge is -2.06. The molecule has 0 aromatic carbocycles. The van der Waals surface area contributed by atoms with Crippen LogP contribution in [0.2, 0.25) is 0 Å². The van der Waals surface area contributed by atoms with Crippen molar-refractivity contribution in [3.05, 3.63) is 16.1 Å². The topological polar surface area (TPSA) is 50.2 Å². The Labute approximate surface area is 101 Å². The van der Waals surface area contributed by atoms with Gasteiger partial charge in [-0.2, -0.15) is 0 Å². The first kappa shape index (κ1) is 13.2. The van der Waals surface area contributed by atoms with Crippen molar-refractivity contribution in [3.63, 3.8) is 0 Å². The number of aliphatic carboxylic acids is 1. The number of carboxylic acids is 1. The standard InChI is InChI=1S/C12H19NO2S/c1-4-9(12(14)15)6-11-13-10(7-16-11)5-8(2)3/h7-9H,4-6H2,1-3H3,(H,14,15). The Hall–Kier alpha value is -0.900. The average molecular weight is 241 g/mol. The van der Waals surface area contributed by atoms with Gasteiger partial charge in [-0.1, -0.05) is 20.8 Å². The van der Waals surface area contributed by atoms with E-state index in [1.807, 2.05) is 12.3 Å². The monoisotopic (exact) mass is 241 g/mol. The summed E-state index contributed by atoms with van der Waals surface area (Å²) in [5.41, 5.74) is 1.09. The molecule has 0 bridgehead atoms. The summed E-state index contributed by atoms with van der Waals surface area (Å²) < 4.78 is 0. The molecule has 1 atom stereocenters. The van der Waals surface area contributed by atoms with Crippen LogP contribution in [-0.4, -0.2) is 16.1 Å². The van der Waals surface area contributed by atoms with Crippen molar-refractivity contribution in [2.75, 3.05) is 0 Å². The van der Waals surface area contributed by atoms with Crippen molar-refractivity contribution >= 4 is 17.3 Å². The molecule has 3 nitrogen and oxygen atoms in total. The van der Waals surface area contributed by atoms with Crippen LogP contribution in [0.1, 0.15) is 37.9 Å². The molecule has 1 unspecified atom stereocenters. The van der Waals surface area contributed by atoms with E-state index in [1.165, 1.54) is 0 Å². The molecule has 0 aliphatic rings. The normalized spacial score (nSPS) is 13.0. The smallest absolute Gasteiger partial charge is 0.306 e. The van der Waals surface area contributed by atoms with E-state index in [9.17, 15) is 4.79 Å². The summed E-state index contributed by atoms with van der Waals surface area (Å²) in [5, 5.41) is 12.0. The van der Waals surface area contributed by atoms with E-state index < -0.39 is 5.97 Å². The van der Waals surface area contributed by atoms with E-state index in [0.29, 0.717) is 18.8 Å². The van der Waals surface area contributed by atoms with Crippen LogP contribution in [0.15, 0.2) is 5.38 Å². The van der Waals surface area contributed by atoms with Gasteiger partial charge in [0.15, 0.2) is 0 Å². The van der Waals surface area contributed by atoms with E-state index in [1.54, 1.807) is 11.3 Å². The summed E-state index contributed by atoms with van der Waals surface area (Å²) in [6.07, 6.45) is 2.20.